The van der Waals surface area contributed by atoms with Crippen LogP contribution in [0.5, 0.6) is 5.75 Å². The molecular formula is C18H26BrN3O5S2. The second-order valence-electron chi connectivity index (χ2n) is 6.84. The SMILES string of the molecule is CC(C)(C)OC(=O)NCCSSCCNC(=O)C(Cc1ccc(O)c(Br)c1)=NO. The summed E-state index contributed by atoms with van der Waals surface area (Å²) in [5.74, 6) is 1.01. The van der Waals surface area contributed by atoms with Crippen molar-refractivity contribution < 1.29 is 24.6 Å². The zero-order valence-electron chi connectivity index (χ0n) is 16.5. The molecule has 0 aromatic heterocycles. The first-order valence-electron chi connectivity index (χ1n) is 8.80. The molecule has 0 aliphatic carbocycles. The van der Waals surface area contributed by atoms with Crippen LogP contribution in [0.3, 0.4) is 0 Å². The summed E-state index contributed by atoms with van der Waals surface area (Å²) in [7, 11) is 3.13. The molecule has 11 heteroatoms. The molecule has 2 amide bonds. The molecule has 29 heavy (non-hydrogen) atoms. The molecule has 8 nitrogen and oxygen atoms in total. The Labute approximate surface area is 186 Å². The molecule has 0 atom stereocenters. The normalized spacial score (nSPS) is 11.8. The summed E-state index contributed by atoms with van der Waals surface area (Å²) in [5, 5.41) is 27.1. The first-order chi connectivity index (χ1) is 13.6. The highest BCUT2D eigenvalue weighted by molar-refractivity contribution is 9.10. The van der Waals surface area contributed by atoms with Gasteiger partial charge in [0.1, 0.15) is 17.1 Å². The second-order valence-corrected chi connectivity index (χ2v) is 10.4. The molecule has 0 aliphatic heterocycles. The Bertz CT molecular complexity index is 726. The number of phenols is 1. The van der Waals surface area contributed by atoms with Gasteiger partial charge in [0.2, 0.25) is 0 Å². The van der Waals surface area contributed by atoms with Crippen molar-refractivity contribution >= 4 is 55.2 Å². The van der Waals surface area contributed by atoms with E-state index in [0.29, 0.717) is 29.1 Å². The second kappa shape index (κ2) is 12.9. The number of nitrogens with one attached hydrogen (secondary N) is 2. The van der Waals surface area contributed by atoms with Crippen LogP contribution < -0.4 is 10.6 Å². The van der Waals surface area contributed by atoms with Crippen molar-refractivity contribution in [2.45, 2.75) is 32.8 Å². The Morgan fingerprint density at radius 3 is 2.34 bits per heavy atom. The summed E-state index contributed by atoms with van der Waals surface area (Å²) in [6.07, 6.45) is -0.300. The maximum Gasteiger partial charge on any atom is 0.407 e. The van der Waals surface area contributed by atoms with E-state index in [1.165, 1.54) is 6.07 Å². The van der Waals surface area contributed by atoms with E-state index in [4.69, 9.17) is 9.94 Å². The Balaban J connectivity index is 2.19. The van der Waals surface area contributed by atoms with Crippen LogP contribution in [-0.2, 0) is 16.0 Å². The molecule has 0 aliphatic rings. The Kier molecular flexibility index (Phi) is 11.3. The van der Waals surface area contributed by atoms with Gasteiger partial charge >= 0.3 is 6.09 Å². The molecule has 0 unspecified atom stereocenters. The van der Waals surface area contributed by atoms with Crippen LogP contribution in [0.25, 0.3) is 0 Å². The predicted octanol–water partition coefficient (Wildman–Crippen LogP) is 3.55. The van der Waals surface area contributed by atoms with Crippen LogP contribution in [0.4, 0.5) is 4.79 Å². The zero-order chi connectivity index (χ0) is 21.9. The number of hydrogen-bond donors (Lipinski definition) is 4. The summed E-state index contributed by atoms with van der Waals surface area (Å²) in [6.45, 7) is 6.32. The topological polar surface area (TPSA) is 120 Å². The average Bonchev–Trinajstić information content (AvgIpc) is 2.63. The summed E-state index contributed by atoms with van der Waals surface area (Å²) in [6, 6.07) is 4.81. The van der Waals surface area contributed by atoms with Gasteiger partial charge in [-0.05, 0) is 54.4 Å². The van der Waals surface area contributed by atoms with Gasteiger partial charge in [-0.2, -0.15) is 0 Å². The van der Waals surface area contributed by atoms with Crippen LogP contribution in [0.15, 0.2) is 27.8 Å². The van der Waals surface area contributed by atoms with Gasteiger partial charge in [-0.15, -0.1) is 0 Å². The van der Waals surface area contributed by atoms with E-state index < -0.39 is 17.6 Å². The van der Waals surface area contributed by atoms with Crippen molar-refractivity contribution in [2.24, 2.45) is 5.16 Å². The highest BCUT2D eigenvalue weighted by Gasteiger charge is 2.15. The van der Waals surface area contributed by atoms with Crippen LogP contribution in [0.2, 0.25) is 0 Å². The fourth-order valence-electron chi connectivity index (χ4n) is 1.95. The number of ether oxygens (including phenoxy) is 1. The van der Waals surface area contributed by atoms with E-state index in [1.54, 1.807) is 33.7 Å². The van der Waals surface area contributed by atoms with Gasteiger partial charge < -0.3 is 25.7 Å². The minimum absolute atomic E-state index is 0.0122. The minimum Gasteiger partial charge on any atom is -0.507 e. The molecule has 0 spiro atoms. The molecule has 0 bridgehead atoms. The lowest BCUT2D eigenvalue weighted by Crippen LogP contribution is -2.34. The van der Waals surface area contributed by atoms with Gasteiger partial charge in [0.05, 0.1) is 4.47 Å². The number of carbonyl (C=O) groups is 2. The summed E-state index contributed by atoms with van der Waals surface area (Å²) in [5.41, 5.74) is 0.196. The van der Waals surface area contributed by atoms with E-state index in [1.807, 2.05) is 20.8 Å². The smallest absolute Gasteiger partial charge is 0.407 e. The highest BCUT2D eigenvalue weighted by Crippen LogP contribution is 2.24. The molecule has 0 heterocycles. The number of oxime groups is 1. The number of amides is 2. The quantitative estimate of drug-likeness (QED) is 0.125. The van der Waals surface area contributed by atoms with Gasteiger partial charge in [-0.25, -0.2) is 4.79 Å². The van der Waals surface area contributed by atoms with Crippen LogP contribution in [0, 0.1) is 0 Å². The maximum absolute atomic E-state index is 12.1. The Morgan fingerprint density at radius 2 is 1.79 bits per heavy atom. The van der Waals surface area contributed by atoms with E-state index in [-0.39, 0.29) is 17.9 Å². The van der Waals surface area contributed by atoms with Crippen molar-refractivity contribution in [3.63, 3.8) is 0 Å². The summed E-state index contributed by atoms with van der Waals surface area (Å²) < 4.78 is 5.64. The Morgan fingerprint density at radius 1 is 1.17 bits per heavy atom. The molecule has 0 radical (unpaired) electrons. The number of rotatable bonds is 10. The predicted molar refractivity (Wildman–Crippen MR) is 121 cm³/mol. The number of aromatic hydroxyl groups is 1. The molecule has 1 aromatic carbocycles. The number of phenolic OH excluding ortho intramolecular Hbond substituents is 1. The number of alkyl carbamates (subject to hydrolysis) is 1. The number of nitrogens with zero attached hydrogens (tertiary/aromatic N) is 1. The summed E-state index contributed by atoms with van der Waals surface area (Å²) in [4.78, 5) is 23.6. The fraction of sp³-hybridized carbons (Fsp3) is 0.500. The van der Waals surface area contributed by atoms with E-state index in [2.05, 4.69) is 31.7 Å². The molecule has 0 saturated heterocycles. The summed E-state index contributed by atoms with van der Waals surface area (Å²) >= 11 is 3.20. The van der Waals surface area contributed by atoms with Gasteiger partial charge in [0, 0.05) is 31.0 Å². The molecule has 1 aromatic rings. The van der Waals surface area contributed by atoms with E-state index >= 15 is 0 Å². The molecule has 1 rings (SSSR count). The monoisotopic (exact) mass is 507 g/mol. The molecular weight excluding hydrogens is 482 g/mol. The first-order valence-corrected chi connectivity index (χ1v) is 12.1. The van der Waals surface area contributed by atoms with Crippen LogP contribution in [-0.4, -0.2) is 58.2 Å². The minimum atomic E-state index is -0.514. The third-order valence-corrected chi connectivity index (χ3v) is 6.22. The number of halogens is 1. The van der Waals surface area contributed by atoms with Gasteiger partial charge in [-0.3, -0.25) is 4.79 Å². The van der Waals surface area contributed by atoms with E-state index in [9.17, 15) is 14.7 Å². The third kappa shape index (κ3) is 11.2. The van der Waals surface area contributed by atoms with Gasteiger partial charge in [0.25, 0.3) is 5.91 Å². The van der Waals surface area contributed by atoms with Crippen molar-refractivity contribution in [1.29, 1.82) is 0 Å². The van der Waals surface area contributed by atoms with Gasteiger partial charge in [-0.1, -0.05) is 32.8 Å². The van der Waals surface area contributed by atoms with Crippen molar-refractivity contribution in [1.82, 2.24) is 10.6 Å². The van der Waals surface area contributed by atoms with Crippen molar-refractivity contribution in [2.75, 3.05) is 24.6 Å². The molecule has 0 saturated carbocycles. The highest BCUT2D eigenvalue weighted by atomic mass is 79.9. The van der Waals surface area contributed by atoms with Crippen LogP contribution in [0.1, 0.15) is 26.3 Å². The number of carbonyl (C=O) groups excluding carboxylic acids is 2. The van der Waals surface area contributed by atoms with Crippen LogP contribution >= 0.6 is 37.5 Å². The third-order valence-electron chi connectivity index (χ3n) is 3.17. The standard InChI is InChI=1S/C18H26BrN3O5S2/c1-18(2,3)27-17(25)21-7-9-29-28-8-6-20-16(24)14(22-26)11-12-4-5-15(23)13(19)10-12/h4-5,10,23,26H,6-9,11H2,1-3H3,(H,20,24)(H,21,25). The first kappa shape index (κ1) is 25.4. The molecule has 0 fully saturated rings. The largest absolute Gasteiger partial charge is 0.507 e. The number of benzene rings is 1. The lowest BCUT2D eigenvalue weighted by atomic mass is 10.1. The fourth-order valence-corrected chi connectivity index (χ4v) is 4.19. The van der Waals surface area contributed by atoms with Gasteiger partial charge in [0.15, 0.2) is 0 Å². The van der Waals surface area contributed by atoms with E-state index in [0.717, 1.165) is 5.56 Å². The Hall–Kier alpha value is -1.59. The lowest BCUT2D eigenvalue weighted by Gasteiger charge is -2.19. The van der Waals surface area contributed by atoms with Crippen molar-refractivity contribution in [3.05, 3.63) is 28.2 Å². The lowest BCUT2D eigenvalue weighted by molar-refractivity contribution is -0.114. The zero-order valence-corrected chi connectivity index (χ0v) is 19.7. The molecule has 162 valence electrons. The van der Waals surface area contributed by atoms with Crippen molar-refractivity contribution in [3.8, 4) is 5.75 Å². The maximum atomic E-state index is 12.1. The molecule has 4 N–H and O–H groups in total. The number of hydrogen-bond acceptors (Lipinski definition) is 8. The average molecular weight is 508 g/mol.